The molecule has 0 aliphatic rings. The van der Waals surface area contributed by atoms with Gasteiger partial charge >= 0.3 is 0 Å². The second kappa shape index (κ2) is 11.8. The zero-order valence-electron chi connectivity index (χ0n) is 26.5. The lowest BCUT2D eigenvalue weighted by Gasteiger charge is -2.21. The van der Waals surface area contributed by atoms with Gasteiger partial charge in [0.25, 0.3) is 0 Å². The lowest BCUT2D eigenvalue weighted by atomic mass is 9.82. The van der Waals surface area contributed by atoms with Gasteiger partial charge in [-0.15, -0.1) is 0 Å². The van der Waals surface area contributed by atoms with Gasteiger partial charge in [0, 0.05) is 0 Å². The monoisotopic (exact) mass is 608 g/mol. The quantitative estimate of drug-likeness (QED) is 0.171. The predicted molar refractivity (Wildman–Crippen MR) is 206 cm³/mol. The number of benzene rings is 9. The highest BCUT2D eigenvalue weighted by atomic mass is 14.2. The molecule has 48 heavy (non-hydrogen) atoms. The molecular formula is C48H32. The third-order valence-electron chi connectivity index (χ3n) is 9.69. The fourth-order valence-corrected chi connectivity index (χ4v) is 7.52. The van der Waals surface area contributed by atoms with E-state index in [9.17, 15) is 0 Å². The lowest BCUT2D eigenvalue weighted by Crippen LogP contribution is -1.94. The summed E-state index contributed by atoms with van der Waals surface area (Å²) in [4.78, 5) is 0. The van der Waals surface area contributed by atoms with Gasteiger partial charge in [-0.2, -0.15) is 0 Å². The minimum Gasteiger partial charge on any atom is -0.0622 e. The molecule has 0 unspecified atom stereocenters. The van der Waals surface area contributed by atoms with E-state index in [0.29, 0.717) is 0 Å². The van der Waals surface area contributed by atoms with Gasteiger partial charge in [-0.25, -0.2) is 0 Å². The van der Waals surface area contributed by atoms with Crippen LogP contribution in [0.2, 0.25) is 0 Å². The Morgan fingerprint density at radius 2 is 0.542 bits per heavy atom. The maximum Gasteiger partial charge on any atom is -0.00201 e. The van der Waals surface area contributed by atoms with Gasteiger partial charge in [0.2, 0.25) is 0 Å². The normalized spacial score (nSPS) is 11.3. The summed E-state index contributed by atoms with van der Waals surface area (Å²) < 4.78 is 0. The van der Waals surface area contributed by atoms with Gasteiger partial charge in [0.15, 0.2) is 0 Å². The van der Waals surface area contributed by atoms with Crippen LogP contribution >= 0.6 is 0 Å². The van der Waals surface area contributed by atoms with Crippen LogP contribution in [0.1, 0.15) is 0 Å². The Morgan fingerprint density at radius 1 is 0.188 bits per heavy atom. The molecule has 0 bridgehead atoms. The van der Waals surface area contributed by atoms with Gasteiger partial charge in [-0.05, 0) is 94.0 Å². The summed E-state index contributed by atoms with van der Waals surface area (Å²) >= 11 is 0. The van der Waals surface area contributed by atoms with Crippen LogP contribution in [-0.2, 0) is 0 Å². The van der Waals surface area contributed by atoms with E-state index < -0.39 is 0 Å². The molecule has 0 aromatic heterocycles. The van der Waals surface area contributed by atoms with E-state index in [1.807, 2.05) is 0 Å². The van der Waals surface area contributed by atoms with Gasteiger partial charge in [-0.3, -0.25) is 0 Å². The molecule has 0 aliphatic carbocycles. The molecule has 0 spiro atoms. The molecule has 0 N–H and O–H groups in total. The zero-order chi connectivity index (χ0) is 31.9. The molecule has 0 aliphatic heterocycles. The van der Waals surface area contributed by atoms with Crippen LogP contribution in [-0.4, -0.2) is 0 Å². The van der Waals surface area contributed by atoms with Crippen LogP contribution in [0.5, 0.6) is 0 Å². The summed E-state index contributed by atoms with van der Waals surface area (Å²) in [6, 6.07) is 70.7. The summed E-state index contributed by atoms with van der Waals surface area (Å²) in [6.45, 7) is 0. The number of fused-ring (bicyclic) bond motifs is 3. The maximum absolute atomic E-state index is 2.37. The molecule has 0 heterocycles. The fraction of sp³-hybridized carbons (Fsp3) is 0. The van der Waals surface area contributed by atoms with Crippen LogP contribution < -0.4 is 0 Å². The Balaban J connectivity index is 1.36. The van der Waals surface area contributed by atoms with Crippen LogP contribution in [0, 0.1) is 0 Å². The first kappa shape index (κ1) is 28.0. The first-order valence-corrected chi connectivity index (χ1v) is 16.6. The predicted octanol–water partition coefficient (Wildman–Crippen LogP) is 13.5. The van der Waals surface area contributed by atoms with Crippen molar-refractivity contribution >= 4 is 32.3 Å². The van der Waals surface area contributed by atoms with Crippen molar-refractivity contribution in [2.45, 2.75) is 0 Å². The van der Waals surface area contributed by atoms with E-state index in [1.165, 1.54) is 88.0 Å². The summed E-state index contributed by atoms with van der Waals surface area (Å²) in [5.41, 5.74) is 12.4. The molecule has 0 atom stereocenters. The van der Waals surface area contributed by atoms with Gasteiger partial charge < -0.3 is 0 Å². The van der Waals surface area contributed by atoms with E-state index in [2.05, 4.69) is 194 Å². The highest BCUT2D eigenvalue weighted by Crippen LogP contribution is 2.48. The Bertz CT molecular complexity index is 2520. The minimum absolute atomic E-state index is 1.21. The van der Waals surface area contributed by atoms with E-state index in [0.717, 1.165) is 0 Å². The third kappa shape index (κ3) is 4.70. The molecule has 0 amide bonds. The largest absolute Gasteiger partial charge is 0.0622 e. The average molecular weight is 609 g/mol. The fourth-order valence-electron chi connectivity index (χ4n) is 7.52. The molecule has 0 nitrogen and oxygen atoms in total. The molecule has 9 aromatic rings. The highest BCUT2D eigenvalue weighted by Gasteiger charge is 2.21. The SMILES string of the molecule is c1ccc(-c2ccc(-c3c4ccccc4c(-c4ccc(-c5ccccc5)c5ccccc45)c4ccccc34)c(-c3ccccc3)c2)cc1. The Hall–Kier alpha value is -6.24. The van der Waals surface area contributed by atoms with Crippen molar-refractivity contribution in [2.24, 2.45) is 0 Å². The van der Waals surface area contributed by atoms with Crippen molar-refractivity contribution in [1.82, 2.24) is 0 Å². The Kier molecular flexibility index (Phi) is 6.91. The lowest BCUT2D eigenvalue weighted by molar-refractivity contribution is 1.58. The van der Waals surface area contributed by atoms with Crippen LogP contribution in [0.15, 0.2) is 194 Å². The second-order valence-electron chi connectivity index (χ2n) is 12.4. The molecule has 0 saturated carbocycles. The van der Waals surface area contributed by atoms with Crippen molar-refractivity contribution < 1.29 is 0 Å². The van der Waals surface area contributed by atoms with E-state index in [1.54, 1.807) is 0 Å². The molecule has 0 fully saturated rings. The molecule has 0 heteroatoms. The topological polar surface area (TPSA) is 0 Å². The number of hydrogen-bond donors (Lipinski definition) is 0. The molecule has 9 rings (SSSR count). The minimum atomic E-state index is 1.21. The van der Waals surface area contributed by atoms with E-state index in [-0.39, 0.29) is 0 Å². The van der Waals surface area contributed by atoms with E-state index in [4.69, 9.17) is 0 Å². The van der Waals surface area contributed by atoms with Crippen molar-refractivity contribution in [2.75, 3.05) is 0 Å². The molecule has 224 valence electrons. The van der Waals surface area contributed by atoms with Gasteiger partial charge in [-0.1, -0.05) is 188 Å². The Morgan fingerprint density at radius 3 is 1.06 bits per heavy atom. The maximum atomic E-state index is 2.37. The van der Waals surface area contributed by atoms with Crippen LogP contribution in [0.4, 0.5) is 0 Å². The first-order chi connectivity index (χ1) is 23.8. The van der Waals surface area contributed by atoms with Crippen LogP contribution in [0.3, 0.4) is 0 Å². The standard InChI is InChI=1S/C48H32/c1-4-16-33(17-5-1)36-28-29-45(46(32-36)35-20-8-3-9-21-35)48-42-26-14-12-24-40(42)47(41-25-13-15-27-43(41)48)44-31-30-37(34-18-6-2-7-19-34)38-22-10-11-23-39(38)44/h1-32H. The van der Waals surface area contributed by atoms with Crippen LogP contribution in [0.25, 0.3) is 88.0 Å². The van der Waals surface area contributed by atoms with Crippen molar-refractivity contribution in [3.05, 3.63) is 194 Å². The Labute approximate surface area is 281 Å². The molecule has 0 saturated heterocycles. The number of rotatable bonds is 5. The zero-order valence-corrected chi connectivity index (χ0v) is 26.5. The van der Waals surface area contributed by atoms with Gasteiger partial charge in [0.1, 0.15) is 0 Å². The molecule has 0 radical (unpaired) electrons. The second-order valence-corrected chi connectivity index (χ2v) is 12.4. The molecule has 9 aromatic carbocycles. The summed E-state index contributed by atoms with van der Waals surface area (Å²) in [5.74, 6) is 0. The number of hydrogen-bond acceptors (Lipinski definition) is 0. The summed E-state index contributed by atoms with van der Waals surface area (Å²) in [5, 5.41) is 7.56. The summed E-state index contributed by atoms with van der Waals surface area (Å²) in [6.07, 6.45) is 0. The van der Waals surface area contributed by atoms with Crippen molar-refractivity contribution in [3.8, 4) is 55.6 Å². The summed E-state index contributed by atoms with van der Waals surface area (Å²) in [7, 11) is 0. The molecular weight excluding hydrogens is 577 g/mol. The first-order valence-electron chi connectivity index (χ1n) is 16.6. The highest BCUT2D eigenvalue weighted by molar-refractivity contribution is 6.25. The average Bonchev–Trinajstić information content (AvgIpc) is 3.17. The smallest absolute Gasteiger partial charge is 0.00201 e. The van der Waals surface area contributed by atoms with Crippen molar-refractivity contribution in [1.29, 1.82) is 0 Å². The third-order valence-corrected chi connectivity index (χ3v) is 9.69. The van der Waals surface area contributed by atoms with E-state index >= 15 is 0 Å². The van der Waals surface area contributed by atoms with Crippen molar-refractivity contribution in [3.63, 3.8) is 0 Å². The van der Waals surface area contributed by atoms with Gasteiger partial charge in [0.05, 0.1) is 0 Å².